The van der Waals surface area contributed by atoms with Gasteiger partial charge in [0.05, 0.1) is 34.5 Å². The number of nitrogens with zero attached hydrogens (tertiary/aromatic N) is 3. The number of fused-ring (bicyclic) bond motifs is 1. The molecule has 5 rings (SSSR count). The van der Waals surface area contributed by atoms with Crippen molar-refractivity contribution in [3.8, 4) is 11.6 Å². The molecule has 0 unspecified atom stereocenters. The molecule has 206 valence electrons. The van der Waals surface area contributed by atoms with Gasteiger partial charge in [-0.05, 0) is 44.0 Å². The first kappa shape index (κ1) is 27.3. The summed E-state index contributed by atoms with van der Waals surface area (Å²) >= 11 is 12.3. The summed E-state index contributed by atoms with van der Waals surface area (Å²) in [5, 5.41) is 1.18. The van der Waals surface area contributed by atoms with Gasteiger partial charge in [-0.2, -0.15) is 0 Å². The highest BCUT2D eigenvalue weighted by Crippen LogP contribution is 2.36. The number of ether oxygens (including phenoxy) is 2. The molecule has 2 aromatic carbocycles. The van der Waals surface area contributed by atoms with Gasteiger partial charge in [0.15, 0.2) is 0 Å². The Bertz CT molecular complexity index is 1600. The van der Waals surface area contributed by atoms with Crippen LogP contribution in [0.2, 0.25) is 10.0 Å². The average Bonchev–Trinajstić information content (AvgIpc) is 3.32. The van der Waals surface area contributed by atoms with Gasteiger partial charge in [0.1, 0.15) is 28.6 Å². The van der Waals surface area contributed by atoms with Gasteiger partial charge in [0.2, 0.25) is 5.88 Å². The fourth-order valence-corrected chi connectivity index (χ4v) is 6.29. The molecule has 1 aliphatic rings. The zero-order chi connectivity index (χ0) is 27.6. The molecule has 1 saturated heterocycles. The lowest BCUT2D eigenvalue weighted by Gasteiger charge is -2.33. The Balaban J connectivity index is 1.25. The van der Waals surface area contributed by atoms with E-state index >= 15 is 0 Å². The molecular weight excluding hydrogens is 568 g/mol. The smallest absolute Gasteiger partial charge is 0.264 e. The number of rotatable bonds is 9. The number of anilines is 2. The Labute approximate surface area is 235 Å². The van der Waals surface area contributed by atoms with Gasteiger partial charge in [-0.3, -0.25) is 4.72 Å². The minimum absolute atomic E-state index is 0.178. The Hall–Kier alpha value is -3.28. The van der Waals surface area contributed by atoms with Crippen LogP contribution in [0.15, 0.2) is 53.8 Å². The van der Waals surface area contributed by atoms with E-state index in [1.54, 1.807) is 0 Å². The first-order chi connectivity index (χ1) is 18.7. The standard InChI is InChI=1S/C26H26Cl2FN5O4S/c1-2-37-24-11-23(31-15-32-24)34-9-3-4-16(13-34)14-38-17-5-8-22(20(29)10-17)39(35,36)33-21-7-6-18(27)25-19(28)12-30-26(21)25/h5-8,10-12,15-16,30,33H,2-4,9,13-14H2,1H3/t16-/m0/s1. The van der Waals surface area contributed by atoms with Crippen LogP contribution in [0.25, 0.3) is 10.9 Å². The molecular formula is C26H26Cl2FN5O4S. The van der Waals surface area contributed by atoms with Crippen LogP contribution in [0, 0.1) is 11.7 Å². The van der Waals surface area contributed by atoms with Gasteiger partial charge in [0.25, 0.3) is 10.0 Å². The van der Waals surface area contributed by atoms with E-state index in [2.05, 4.69) is 24.6 Å². The number of nitrogens with one attached hydrogen (secondary N) is 2. The van der Waals surface area contributed by atoms with Gasteiger partial charge < -0.3 is 19.4 Å². The van der Waals surface area contributed by atoms with E-state index in [-0.39, 0.29) is 17.4 Å². The number of hydrogen-bond donors (Lipinski definition) is 2. The number of benzene rings is 2. The van der Waals surface area contributed by atoms with Gasteiger partial charge in [0, 0.05) is 42.7 Å². The molecule has 9 nitrogen and oxygen atoms in total. The van der Waals surface area contributed by atoms with Gasteiger partial charge in [-0.15, -0.1) is 0 Å². The average molecular weight is 594 g/mol. The maximum Gasteiger partial charge on any atom is 0.264 e. The van der Waals surface area contributed by atoms with Crippen molar-refractivity contribution in [3.63, 3.8) is 0 Å². The van der Waals surface area contributed by atoms with Gasteiger partial charge in [-0.25, -0.2) is 22.8 Å². The third-order valence-corrected chi connectivity index (χ3v) is 8.43. The highest BCUT2D eigenvalue weighted by Gasteiger charge is 2.24. The number of halogens is 3. The summed E-state index contributed by atoms with van der Waals surface area (Å²) in [6.45, 7) is 4.32. The lowest BCUT2D eigenvalue weighted by Crippen LogP contribution is -2.38. The molecule has 1 atom stereocenters. The first-order valence-electron chi connectivity index (χ1n) is 12.3. The predicted octanol–water partition coefficient (Wildman–Crippen LogP) is 5.90. The zero-order valence-corrected chi connectivity index (χ0v) is 23.3. The largest absolute Gasteiger partial charge is 0.493 e. The van der Waals surface area contributed by atoms with Crippen molar-refractivity contribution in [2.45, 2.75) is 24.7 Å². The maximum atomic E-state index is 15.0. The monoisotopic (exact) mass is 593 g/mol. The predicted molar refractivity (Wildman–Crippen MR) is 149 cm³/mol. The molecule has 2 N–H and O–H groups in total. The highest BCUT2D eigenvalue weighted by atomic mass is 35.5. The van der Waals surface area contributed by atoms with Crippen LogP contribution in [0.1, 0.15) is 19.8 Å². The zero-order valence-electron chi connectivity index (χ0n) is 21.0. The van der Waals surface area contributed by atoms with Crippen LogP contribution in [0.3, 0.4) is 0 Å². The van der Waals surface area contributed by atoms with E-state index in [4.69, 9.17) is 32.7 Å². The molecule has 13 heteroatoms. The molecule has 1 fully saturated rings. The second-order valence-electron chi connectivity index (χ2n) is 9.09. The van der Waals surface area contributed by atoms with Crippen LogP contribution in [0.5, 0.6) is 11.6 Å². The van der Waals surface area contributed by atoms with E-state index in [0.717, 1.165) is 31.3 Å². The van der Waals surface area contributed by atoms with E-state index in [1.807, 2.05) is 13.0 Å². The van der Waals surface area contributed by atoms with Gasteiger partial charge >= 0.3 is 0 Å². The Morgan fingerprint density at radius 3 is 2.79 bits per heavy atom. The second kappa shape index (κ2) is 11.4. The van der Waals surface area contributed by atoms with Crippen molar-refractivity contribution in [3.05, 3.63) is 64.8 Å². The van der Waals surface area contributed by atoms with E-state index in [9.17, 15) is 12.8 Å². The highest BCUT2D eigenvalue weighted by molar-refractivity contribution is 7.92. The Morgan fingerprint density at radius 2 is 2.00 bits per heavy atom. The maximum absolute atomic E-state index is 15.0. The van der Waals surface area contributed by atoms with Gasteiger partial charge in [-0.1, -0.05) is 23.2 Å². The third kappa shape index (κ3) is 6.00. The molecule has 0 radical (unpaired) electrons. The van der Waals surface area contributed by atoms with E-state index in [0.29, 0.717) is 46.6 Å². The van der Waals surface area contributed by atoms with Crippen LogP contribution < -0.4 is 19.1 Å². The summed E-state index contributed by atoms with van der Waals surface area (Å²) in [5.41, 5.74) is 0.592. The molecule has 0 saturated carbocycles. The molecule has 3 heterocycles. The van der Waals surface area contributed by atoms with Crippen molar-refractivity contribution < 1.29 is 22.3 Å². The number of aromatic amines is 1. The summed E-state index contributed by atoms with van der Waals surface area (Å²) in [6, 6.07) is 8.53. The molecule has 1 aliphatic heterocycles. The molecule has 0 aliphatic carbocycles. The number of H-pyrrole nitrogens is 1. The quantitative estimate of drug-likeness (QED) is 0.248. The lowest BCUT2D eigenvalue weighted by molar-refractivity contribution is 0.227. The minimum Gasteiger partial charge on any atom is -0.493 e. The first-order valence-corrected chi connectivity index (χ1v) is 14.6. The molecule has 39 heavy (non-hydrogen) atoms. The molecule has 0 amide bonds. The molecule has 4 aromatic rings. The number of sulfonamides is 1. The fourth-order valence-electron chi connectivity index (χ4n) is 4.60. The second-order valence-corrected chi connectivity index (χ2v) is 11.6. The van der Waals surface area contributed by atoms with E-state index in [1.165, 1.54) is 36.8 Å². The fraction of sp³-hybridized carbons (Fsp3) is 0.308. The van der Waals surface area contributed by atoms with Crippen molar-refractivity contribution >= 4 is 55.6 Å². The molecule has 0 bridgehead atoms. The van der Waals surface area contributed by atoms with Crippen LogP contribution >= 0.6 is 23.2 Å². The normalized spacial score (nSPS) is 15.9. The van der Waals surface area contributed by atoms with Crippen LogP contribution in [-0.4, -0.2) is 49.7 Å². The van der Waals surface area contributed by atoms with Crippen molar-refractivity contribution in [1.82, 2.24) is 15.0 Å². The van der Waals surface area contributed by atoms with Crippen molar-refractivity contribution in [2.75, 3.05) is 35.9 Å². The SMILES string of the molecule is CCOc1cc(N2CCC[C@H](COc3ccc(S(=O)(=O)Nc4ccc(Cl)c5c(Cl)c[nH]c45)c(F)c3)C2)ncn1. The Morgan fingerprint density at radius 1 is 1.15 bits per heavy atom. The summed E-state index contributed by atoms with van der Waals surface area (Å²) in [5.74, 6) is 0.805. The number of aromatic nitrogens is 3. The topological polar surface area (TPSA) is 109 Å². The number of hydrogen-bond acceptors (Lipinski definition) is 7. The van der Waals surface area contributed by atoms with Crippen LogP contribution in [-0.2, 0) is 10.0 Å². The van der Waals surface area contributed by atoms with Crippen molar-refractivity contribution in [1.29, 1.82) is 0 Å². The van der Waals surface area contributed by atoms with Crippen LogP contribution in [0.4, 0.5) is 15.9 Å². The molecule has 0 spiro atoms. The Kier molecular flexibility index (Phi) is 8.01. The lowest BCUT2D eigenvalue weighted by atomic mass is 9.99. The molecule has 2 aromatic heterocycles. The van der Waals surface area contributed by atoms with E-state index < -0.39 is 20.7 Å². The third-order valence-electron chi connectivity index (χ3n) is 6.42. The van der Waals surface area contributed by atoms with Crippen molar-refractivity contribution in [2.24, 2.45) is 5.92 Å². The summed E-state index contributed by atoms with van der Waals surface area (Å²) < 4.78 is 54.8. The summed E-state index contributed by atoms with van der Waals surface area (Å²) in [7, 11) is -4.25. The minimum atomic E-state index is -4.25. The number of piperidine rings is 1. The summed E-state index contributed by atoms with van der Waals surface area (Å²) in [4.78, 5) is 13.0. The summed E-state index contributed by atoms with van der Waals surface area (Å²) in [6.07, 6.45) is 4.87.